The van der Waals surface area contributed by atoms with Crippen molar-refractivity contribution in [2.75, 3.05) is 0 Å². The van der Waals surface area contributed by atoms with Gasteiger partial charge < -0.3 is 0 Å². The Kier molecular flexibility index (Phi) is 5.31. The maximum Gasteiger partial charge on any atom is 0.0689 e. The second kappa shape index (κ2) is 6.78. The Hall–Kier alpha value is -0.510. The molecule has 0 bridgehead atoms. The first kappa shape index (κ1) is 14.9. The van der Waals surface area contributed by atoms with Crippen molar-refractivity contribution in [2.45, 2.75) is 84.5 Å². The van der Waals surface area contributed by atoms with Crippen LogP contribution in [0.5, 0.6) is 0 Å². The third-order valence-electron chi connectivity index (χ3n) is 6.16. The Labute approximate surface area is 119 Å². The minimum Gasteiger partial charge on any atom is -0.198 e. The highest BCUT2D eigenvalue weighted by atomic mass is 14.4. The Morgan fingerprint density at radius 3 is 2.00 bits per heavy atom. The predicted octanol–water partition coefficient (Wildman–Crippen LogP) is 5.70. The molecule has 0 unspecified atom stereocenters. The van der Waals surface area contributed by atoms with Gasteiger partial charge in [-0.15, -0.1) is 0 Å². The zero-order valence-corrected chi connectivity index (χ0v) is 13.0. The molecule has 0 aromatic carbocycles. The first-order chi connectivity index (χ1) is 9.23. The van der Waals surface area contributed by atoms with Crippen LogP contribution in [0.2, 0.25) is 0 Å². The van der Waals surface area contributed by atoms with Crippen molar-refractivity contribution < 1.29 is 0 Å². The van der Waals surface area contributed by atoms with E-state index in [1.807, 2.05) is 0 Å². The molecule has 1 heteroatoms. The molecular formula is C18H31N. The molecule has 2 fully saturated rings. The van der Waals surface area contributed by atoms with Crippen molar-refractivity contribution in [3.05, 3.63) is 0 Å². The molecule has 0 amide bonds. The lowest BCUT2D eigenvalue weighted by Gasteiger charge is -2.40. The highest BCUT2D eigenvalue weighted by molar-refractivity contribution is 5.01. The maximum atomic E-state index is 9.38. The minimum absolute atomic E-state index is 0.0376. The van der Waals surface area contributed by atoms with Crippen LogP contribution in [0.4, 0.5) is 0 Å². The van der Waals surface area contributed by atoms with E-state index in [-0.39, 0.29) is 5.41 Å². The summed E-state index contributed by atoms with van der Waals surface area (Å²) in [5.41, 5.74) is 0.0376. The largest absolute Gasteiger partial charge is 0.198 e. The predicted molar refractivity (Wildman–Crippen MR) is 80.7 cm³/mol. The number of hydrogen-bond donors (Lipinski definition) is 0. The smallest absolute Gasteiger partial charge is 0.0689 e. The lowest BCUT2D eigenvalue weighted by Crippen LogP contribution is -2.30. The normalized spacial score (nSPS) is 39.7. The van der Waals surface area contributed by atoms with Gasteiger partial charge in [0.15, 0.2) is 0 Å². The molecule has 0 atom stereocenters. The van der Waals surface area contributed by atoms with Crippen LogP contribution in [-0.2, 0) is 0 Å². The monoisotopic (exact) mass is 261 g/mol. The van der Waals surface area contributed by atoms with Gasteiger partial charge in [-0.1, -0.05) is 39.5 Å². The zero-order valence-electron chi connectivity index (χ0n) is 13.0. The Balaban J connectivity index is 1.78. The molecule has 0 aliphatic heterocycles. The summed E-state index contributed by atoms with van der Waals surface area (Å²) in [6, 6.07) is 2.61. The lowest BCUT2D eigenvalue weighted by atomic mass is 9.64. The van der Waals surface area contributed by atoms with Crippen LogP contribution in [0.15, 0.2) is 0 Å². The number of rotatable bonds is 4. The summed E-state index contributed by atoms with van der Waals surface area (Å²) >= 11 is 0. The van der Waals surface area contributed by atoms with Crippen LogP contribution in [0.1, 0.15) is 84.5 Å². The summed E-state index contributed by atoms with van der Waals surface area (Å²) in [7, 11) is 0. The van der Waals surface area contributed by atoms with Gasteiger partial charge in [-0.05, 0) is 62.7 Å². The highest BCUT2D eigenvalue weighted by Gasteiger charge is 2.37. The summed E-state index contributed by atoms with van der Waals surface area (Å²) in [5, 5.41) is 9.38. The second-order valence-electron chi connectivity index (χ2n) is 7.15. The molecule has 2 saturated carbocycles. The molecule has 0 heterocycles. The lowest BCUT2D eigenvalue weighted by molar-refractivity contribution is 0.119. The molecule has 0 aromatic heterocycles. The fourth-order valence-corrected chi connectivity index (χ4v) is 4.57. The van der Waals surface area contributed by atoms with Gasteiger partial charge in [0.2, 0.25) is 0 Å². The number of nitriles is 1. The van der Waals surface area contributed by atoms with Crippen LogP contribution in [0.25, 0.3) is 0 Å². The molecule has 0 saturated heterocycles. The van der Waals surface area contributed by atoms with Crippen molar-refractivity contribution in [1.82, 2.24) is 0 Å². The minimum atomic E-state index is 0.0376. The molecular weight excluding hydrogens is 230 g/mol. The van der Waals surface area contributed by atoms with E-state index < -0.39 is 0 Å². The first-order valence-corrected chi connectivity index (χ1v) is 8.64. The van der Waals surface area contributed by atoms with Gasteiger partial charge in [-0.2, -0.15) is 5.26 Å². The second-order valence-corrected chi connectivity index (χ2v) is 7.15. The fraction of sp³-hybridized carbons (Fsp3) is 0.944. The molecule has 0 aromatic rings. The van der Waals surface area contributed by atoms with E-state index in [0.29, 0.717) is 0 Å². The van der Waals surface area contributed by atoms with Crippen molar-refractivity contribution in [2.24, 2.45) is 23.2 Å². The molecule has 19 heavy (non-hydrogen) atoms. The van der Waals surface area contributed by atoms with Crippen LogP contribution >= 0.6 is 0 Å². The molecule has 108 valence electrons. The van der Waals surface area contributed by atoms with Crippen LogP contribution < -0.4 is 0 Å². The molecule has 2 aliphatic carbocycles. The SMILES string of the molecule is CCCC1CCC(C2CCC(C#N)(CC)CC2)CC1. The third-order valence-corrected chi connectivity index (χ3v) is 6.16. The van der Waals surface area contributed by atoms with E-state index in [4.69, 9.17) is 0 Å². The van der Waals surface area contributed by atoms with E-state index in [1.165, 1.54) is 64.2 Å². The molecule has 1 nitrogen and oxygen atoms in total. The topological polar surface area (TPSA) is 23.8 Å². The number of hydrogen-bond acceptors (Lipinski definition) is 1. The summed E-state index contributed by atoms with van der Waals surface area (Å²) in [4.78, 5) is 0. The van der Waals surface area contributed by atoms with E-state index in [2.05, 4.69) is 19.9 Å². The van der Waals surface area contributed by atoms with Gasteiger partial charge in [0.1, 0.15) is 0 Å². The van der Waals surface area contributed by atoms with Gasteiger partial charge >= 0.3 is 0 Å². The highest BCUT2D eigenvalue weighted by Crippen LogP contribution is 2.47. The van der Waals surface area contributed by atoms with Crippen LogP contribution in [0, 0.1) is 34.5 Å². The van der Waals surface area contributed by atoms with Gasteiger partial charge in [0, 0.05) is 0 Å². The van der Waals surface area contributed by atoms with Crippen LogP contribution in [0.3, 0.4) is 0 Å². The standard InChI is InChI=1S/C18H31N/c1-3-5-15-6-8-16(9-7-15)17-10-12-18(4-2,14-19)13-11-17/h15-17H,3-13H2,1-2H3. The van der Waals surface area contributed by atoms with Crippen molar-refractivity contribution in [3.63, 3.8) is 0 Å². The Morgan fingerprint density at radius 1 is 0.947 bits per heavy atom. The summed E-state index contributed by atoms with van der Waals surface area (Å²) < 4.78 is 0. The summed E-state index contributed by atoms with van der Waals surface area (Å²) in [5.74, 6) is 2.95. The van der Waals surface area contributed by atoms with Crippen LogP contribution in [-0.4, -0.2) is 0 Å². The summed E-state index contributed by atoms with van der Waals surface area (Å²) in [6.45, 7) is 4.51. The van der Waals surface area contributed by atoms with Gasteiger partial charge in [-0.25, -0.2) is 0 Å². The van der Waals surface area contributed by atoms with Gasteiger partial charge in [-0.3, -0.25) is 0 Å². The van der Waals surface area contributed by atoms with Gasteiger partial charge in [0.05, 0.1) is 11.5 Å². The van der Waals surface area contributed by atoms with E-state index in [1.54, 1.807) is 0 Å². The van der Waals surface area contributed by atoms with E-state index >= 15 is 0 Å². The quantitative estimate of drug-likeness (QED) is 0.636. The average Bonchev–Trinajstić information content (AvgIpc) is 2.49. The Morgan fingerprint density at radius 2 is 1.53 bits per heavy atom. The molecule has 0 spiro atoms. The van der Waals surface area contributed by atoms with Gasteiger partial charge in [0.25, 0.3) is 0 Å². The zero-order chi connectivity index (χ0) is 13.7. The molecule has 2 aliphatic rings. The van der Waals surface area contributed by atoms with Crippen molar-refractivity contribution in [3.8, 4) is 6.07 Å². The first-order valence-electron chi connectivity index (χ1n) is 8.64. The Bertz CT molecular complexity index is 298. The molecule has 0 N–H and O–H groups in total. The molecule has 2 rings (SSSR count). The third kappa shape index (κ3) is 3.53. The van der Waals surface area contributed by atoms with Crippen molar-refractivity contribution >= 4 is 0 Å². The number of nitrogens with zero attached hydrogens (tertiary/aromatic N) is 1. The maximum absolute atomic E-state index is 9.38. The van der Waals surface area contributed by atoms with E-state index in [0.717, 1.165) is 24.2 Å². The summed E-state index contributed by atoms with van der Waals surface area (Å²) in [6.07, 6.45) is 14.7. The molecule has 0 radical (unpaired) electrons. The average molecular weight is 261 g/mol. The van der Waals surface area contributed by atoms with Crippen molar-refractivity contribution in [1.29, 1.82) is 5.26 Å². The fourth-order valence-electron chi connectivity index (χ4n) is 4.57. The van der Waals surface area contributed by atoms with E-state index in [9.17, 15) is 5.26 Å².